The molecular weight excluding hydrogens is 218 g/mol. The zero-order chi connectivity index (χ0) is 12.3. The van der Waals surface area contributed by atoms with Crippen LogP contribution in [0.25, 0.3) is 0 Å². The van der Waals surface area contributed by atoms with Crippen LogP contribution in [0.15, 0.2) is 24.3 Å². The van der Waals surface area contributed by atoms with Crippen LogP contribution in [0.5, 0.6) is 0 Å². The third-order valence-electron chi connectivity index (χ3n) is 3.10. The zero-order valence-electron chi connectivity index (χ0n) is 9.67. The van der Waals surface area contributed by atoms with Crippen molar-refractivity contribution in [3.05, 3.63) is 35.4 Å². The molecule has 17 heavy (non-hydrogen) atoms. The number of likely N-dealkylation sites (tertiary alicyclic amines) is 1. The molecule has 0 unspecified atom stereocenters. The molecule has 1 fully saturated rings. The second-order valence-corrected chi connectivity index (χ2v) is 4.52. The second-order valence-electron chi connectivity index (χ2n) is 4.52. The number of aliphatic hydroxyl groups is 1. The summed E-state index contributed by atoms with van der Waals surface area (Å²) in [6, 6.07) is 7.60. The minimum Gasteiger partial charge on any atom is -0.481 e. The predicted molar refractivity (Wildman–Crippen MR) is 63.7 cm³/mol. The van der Waals surface area contributed by atoms with Crippen molar-refractivity contribution in [3.8, 4) is 0 Å². The molecule has 92 valence electrons. The summed E-state index contributed by atoms with van der Waals surface area (Å²) in [4.78, 5) is 12.9. The molecule has 1 atom stereocenters. The average Bonchev–Trinajstić information content (AvgIpc) is 2.66. The topological polar surface area (TPSA) is 60.8 Å². The molecule has 1 saturated heterocycles. The molecule has 0 aromatic heterocycles. The monoisotopic (exact) mass is 235 g/mol. The molecule has 0 spiro atoms. The van der Waals surface area contributed by atoms with Gasteiger partial charge in [0.1, 0.15) is 0 Å². The van der Waals surface area contributed by atoms with Gasteiger partial charge in [-0.05, 0) is 17.5 Å². The summed E-state index contributed by atoms with van der Waals surface area (Å²) in [5, 5.41) is 18.3. The summed E-state index contributed by atoms with van der Waals surface area (Å²) < 4.78 is 0. The zero-order valence-corrected chi connectivity index (χ0v) is 9.67. The van der Waals surface area contributed by atoms with Crippen molar-refractivity contribution in [3.63, 3.8) is 0 Å². The van der Waals surface area contributed by atoms with Gasteiger partial charge in [0, 0.05) is 19.6 Å². The van der Waals surface area contributed by atoms with Crippen LogP contribution in [0.3, 0.4) is 0 Å². The molecular formula is C13H17NO3. The van der Waals surface area contributed by atoms with Crippen LogP contribution in [0.4, 0.5) is 0 Å². The Morgan fingerprint density at radius 2 is 2.06 bits per heavy atom. The maximum atomic E-state index is 10.8. The van der Waals surface area contributed by atoms with Gasteiger partial charge < -0.3 is 10.2 Å². The van der Waals surface area contributed by atoms with E-state index in [0.717, 1.165) is 30.6 Å². The number of benzene rings is 1. The number of carbonyl (C=O) groups is 1. The van der Waals surface area contributed by atoms with Gasteiger partial charge in [0.2, 0.25) is 0 Å². The molecule has 0 bridgehead atoms. The van der Waals surface area contributed by atoms with Crippen molar-refractivity contribution in [1.82, 2.24) is 4.90 Å². The van der Waals surface area contributed by atoms with Gasteiger partial charge in [-0.1, -0.05) is 24.3 Å². The van der Waals surface area contributed by atoms with Crippen molar-refractivity contribution in [2.75, 3.05) is 13.1 Å². The second kappa shape index (κ2) is 5.29. The first kappa shape index (κ1) is 12.1. The number of nitrogens with zero attached hydrogens (tertiary/aromatic N) is 1. The van der Waals surface area contributed by atoms with E-state index in [1.807, 2.05) is 24.3 Å². The molecule has 4 heteroatoms. The van der Waals surface area contributed by atoms with Crippen molar-refractivity contribution in [2.45, 2.75) is 25.5 Å². The van der Waals surface area contributed by atoms with Crippen molar-refractivity contribution < 1.29 is 15.0 Å². The quantitative estimate of drug-likeness (QED) is 0.813. The Bertz CT molecular complexity index is 405. The van der Waals surface area contributed by atoms with E-state index in [1.54, 1.807) is 0 Å². The first-order valence-electron chi connectivity index (χ1n) is 5.84. The van der Waals surface area contributed by atoms with Gasteiger partial charge in [0.15, 0.2) is 0 Å². The maximum Gasteiger partial charge on any atom is 0.307 e. The standard InChI is InChI=1S/C13H17NO3/c15-12-5-6-14(9-12)8-11-4-2-1-3-10(11)7-13(16)17/h1-4,12,15H,5-9H2,(H,16,17)/t12-/m0/s1. The van der Waals surface area contributed by atoms with Crippen LogP contribution in [-0.4, -0.2) is 40.3 Å². The minimum atomic E-state index is -0.807. The highest BCUT2D eigenvalue weighted by Crippen LogP contribution is 2.16. The molecule has 1 aromatic carbocycles. The molecule has 0 amide bonds. The van der Waals surface area contributed by atoms with E-state index in [1.165, 1.54) is 0 Å². The summed E-state index contributed by atoms with van der Waals surface area (Å²) in [5.41, 5.74) is 1.91. The van der Waals surface area contributed by atoms with Gasteiger partial charge in [-0.2, -0.15) is 0 Å². The number of carboxylic acids is 1. The third kappa shape index (κ3) is 3.28. The number of rotatable bonds is 4. The first-order valence-corrected chi connectivity index (χ1v) is 5.84. The highest BCUT2D eigenvalue weighted by atomic mass is 16.4. The molecule has 4 nitrogen and oxygen atoms in total. The van der Waals surface area contributed by atoms with E-state index in [-0.39, 0.29) is 12.5 Å². The third-order valence-corrected chi connectivity index (χ3v) is 3.10. The summed E-state index contributed by atoms with van der Waals surface area (Å²) in [5.74, 6) is -0.807. The molecule has 2 N–H and O–H groups in total. The molecule has 0 aliphatic carbocycles. The lowest BCUT2D eigenvalue weighted by Crippen LogP contribution is -2.22. The molecule has 1 heterocycles. The first-order chi connectivity index (χ1) is 8.15. The molecule has 0 radical (unpaired) electrons. The van der Waals surface area contributed by atoms with Crippen LogP contribution in [0.1, 0.15) is 17.5 Å². The number of aliphatic carboxylic acids is 1. The van der Waals surface area contributed by atoms with Crippen molar-refractivity contribution in [1.29, 1.82) is 0 Å². The summed E-state index contributed by atoms with van der Waals surface area (Å²) >= 11 is 0. The lowest BCUT2D eigenvalue weighted by molar-refractivity contribution is -0.136. The molecule has 2 rings (SSSR count). The lowest BCUT2D eigenvalue weighted by atomic mass is 10.0. The highest BCUT2D eigenvalue weighted by molar-refractivity contribution is 5.70. The largest absolute Gasteiger partial charge is 0.481 e. The van der Waals surface area contributed by atoms with E-state index in [9.17, 15) is 9.90 Å². The molecule has 1 aliphatic heterocycles. The normalized spacial score (nSPS) is 20.6. The van der Waals surface area contributed by atoms with Gasteiger partial charge in [0.25, 0.3) is 0 Å². The fraction of sp³-hybridized carbons (Fsp3) is 0.462. The van der Waals surface area contributed by atoms with Gasteiger partial charge in [-0.15, -0.1) is 0 Å². The fourth-order valence-corrected chi connectivity index (χ4v) is 2.24. The molecule has 0 saturated carbocycles. The van der Waals surface area contributed by atoms with Gasteiger partial charge in [-0.25, -0.2) is 0 Å². The van der Waals surface area contributed by atoms with Crippen LogP contribution < -0.4 is 0 Å². The fourth-order valence-electron chi connectivity index (χ4n) is 2.24. The number of β-amino-alcohol motifs (C(OH)–C–C–N with tert-alkyl or cyclic N) is 1. The Labute approximate surface area is 100 Å². The Kier molecular flexibility index (Phi) is 3.76. The van der Waals surface area contributed by atoms with Crippen molar-refractivity contribution >= 4 is 5.97 Å². The van der Waals surface area contributed by atoms with Gasteiger partial charge in [-0.3, -0.25) is 9.69 Å². The predicted octanol–water partition coefficient (Wildman–Crippen LogP) is 0.880. The van der Waals surface area contributed by atoms with Crippen LogP contribution in [-0.2, 0) is 17.8 Å². The van der Waals surface area contributed by atoms with Crippen molar-refractivity contribution in [2.24, 2.45) is 0 Å². The van der Waals surface area contributed by atoms with E-state index in [0.29, 0.717) is 6.54 Å². The number of hydrogen-bond donors (Lipinski definition) is 2. The Balaban J connectivity index is 2.06. The Morgan fingerprint density at radius 1 is 1.35 bits per heavy atom. The summed E-state index contributed by atoms with van der Waals surface area (Å²) in [6.45, 7) is 2.28. The van der Waals surface area contributed by atoms with Crippen LogP contribution in [0.2, 0.25) is 0 Å². The van der Waals surface area contributed by atoms with E-state index in [2.05, 4.69) is 4.90 Å². The highest BCUT2D eigenvalue weighted by Gasteiger charge is 2.20. The summed E-state index contributed by atoms with van der Waals surface area (Å²) in [6.07, 6.45) is 0.634. The molecule has 1 aliphatic rings. The number of carboxylic acid groups (broad SMARTS) is 1. The lowest BCUT2D eigenvalue weighted by Gasteiger charge is -2.17. The Hall–Kier alpha value is -1.39. The number of hydrogen-bond acceptors (Lipinski definition) is 3. The SMILES string of the molecule is O=C(O)Cc1ccccc1CN1CC[C@H](O)C1. The van der Waals surface area contributed by atoms with Crippen LogP contribution >= 0.6 is 0 Å². The molecule has 1 aromatic rings. The smallest absolute Gasteiger partial charge is 0.307 e. The van der Waals surface area contributed by atoms with E-state index >= 15 is 0 Å². The average molecular weight is 235 g/mol. The maximum absolute atomic E-state index is 10.8. The summed E-state index contributed by atoms with van der Waals surface area (Å²) in [7, 11) is 0. The minimum absolute atomic E-state index is 0.0621. The van der Waals surface area contributed by atoms with E-state index in [4.69, 9.17) is 5.11 Å². The van der Waals surface area contributed by atoms with Gasteiger partial charge in [0.05, 0.1) is 12.5 Å². The van der Waals surface area contributed by atoms with Gasteiger partial charge >= 0.3 is 5.97 Å². The Morgan fingerprint density at radius 3 is 2.65 bits per heavy atom. The van der Waals surface area contributed by atoms with Crippen LogP contribution in [0, 0.1) is 0 Å². The number of aliphatic hydroxyl groups excluding tert-OH is 1. The van der Waals surface area contributed by atoms with E-state index < -0.39 is 5.97 Å².